The summed E-state index contributed by atoms with van der Waals surface area (Å²) in [6.07, 6.45) is 1.66. The summed E-state index contributed by atoms with van der Waals surface area (Å²) in [6.45, 7) is 2.82. The second kappa shape index (κ2) is 10.1. The lowest BCUT2D eigenvalue weighted by atomic mass is 9.93. The maximum absolute atomic E-state index is 12.8. The van der Waals surface area contributed by atoms with Gasteiger partial charge in [-0.3, -0.25) is 4.79 Å². The number of amides is 1. The number of nitrogens with one attached hydrogen (secondary N) is 1. The average Bonchev–Trinajstić information content (AvgIpc) is 2.87. The number of ether oxygens (including phenoxy) is 2. The Morgan fingerprint density at radius 3 is 2.67 bits per heavy atom. The van der Waals surface area contributed by atoms with Gasteiger partial charge in [0.2, 0.25) is 0 Å². The number of rotatable bonds is 6. The predicted molar refractivity (Wildman–Crippen MR) is 131 cm³/mol. The van der Waals surface area contributed by atoms with E-state index in [2.05, 4.69) is 10.2 Å². The normalized spacial score (nSPS) is 17.7. The molecule has 1 amide bonds. The van der Waals surface area contributed by atoms with Crippen LogP contribution in [-0.4, -0.2) is 48.5 Å². The first kappa shape index (κ1) is 22.9. The Bertz CT molecular complexity index is 1110. The Labute approximate surface area is 197 Å². The zero-order chi connectivity index (χ0) is 23.4. The summed E-state index contributed by atoms with van der Waals surface area (Å²) in [7, 11) is 2.97. The van der Waals surface area contributed by atoms with E-state index < -0.39 is 0 Å². The van der Waals surface area contributed by atoms with Gasteiger partial charge in [0.25, 0.3) is 5.91 Å². The van der Waals surface area contributed by atoms with Crippen molar-refractivity contribution in [2.24, 2.45) is 4.99 Å². The van der Waals surface area contributed by atoms with E-state index in [4.69, 9.17) is 14.5 Å². The van der Waals surface area contributed by atoms with Gasteiger partial charge in [-0.15, -0.1) is 0 Å². The van der Waals surface area contributed by atoms with Crippen molar-refractivity contribution >= 4 is 34.5 Å². The van der Waals surface area contributed by atoms with E-state index in [9.17, 15) is 9.59 Å². The first-order valence-corrected chi connectivity index (χ1v) is 11.9. The third-order valence-electron chi connectivity index (χ3n) is 5.70. The first-order valence-electron chi connectivity index (χ1n) is 10.9. The highest BCUT2D eigenvalue weighted by atomic mass is 32.2. The molecule has 2 aromatic carbocycles. The summed E-state index contributed by atoms with van der Waals surface area (Å²) >= 11 is 1.72. The molecule has 2 heterocycles. The zero-order valence-electron chi connectivity index (χ0n) is 19.0. The molecule has 172 valence electrons. The second-order valence-electron chi connectivity index (χ2n) is 7.71. The smallest absolute Gasteiger partial charge is 0.338 e. The fraction of sp³-hybridized carbons (Fsp3) is 0.320. The van der Waals surface area contributed by atoms with E-state index in [-0.39, 0.29) is 17.9 Å². The lowest BCUT2D eigenvalue weighted by Crippen LogP contribution is -2.42. The van der Waals surface area contributed by atoms with E-state index in [1.807, 2.05) is 31.2 Å². The van der Waals surface area contributed by atoms with E-state index in [0.29, 0.717) is 29.0 Å². The summed E-state index contributed by atoms with van der Waals surface area (Å²) in [6, 6.07) is 14.4. The van der Waals surface area contributed by atoms with Crippen molar-refractivity contribution in [3.63, 3.8) is 0 Å². The molecule has 2 aromatic rings. The van der Waals surface area contributed by atoms with Gasteiger partial charge in [0, 0.05) is 23.5 Å². The number of nitrogens with zero attached hydrogens (tertiary/aromatic N) is 2. The van der Waals surface area contributed by atoms with Crippen molar-refractivity contribution in [2.45, 2.75) is 25.8 Å². The number of carbonyl (C=O) groups is 2. The van der Waals surface area contributed by atoms with Crippen LogP contribution in [0.5, 0.6) is 5.75 Å². The summed E-state index contributed by atoms with van der Waals surface area (Å²) in [5, 5.41) is 3.87. The molecule has 33 heavy (non-hydrogen) atoms. The summed E-state index contributed by atoms with van der Waals surface area (Å²) in [5.41, 5.74) is 3.49. The molecule has 0 unspecified atom stereocenters. The van der Waals surface area contributed by atoms with E-state index >= 15 is 0 Å². The molecule has 1 atom stereocenters. The molecule has 0 aliphatic carbocycles. The maximum Gasteiger partial charge on any atom is 0.338 e. The molecule has 0 saturated carbocycles. The highest BCUT2D eigenvalue weighted by Gasteiger charge is 2.38. The molecule has 2 aliphatic heterocycles. The number of amidine groups is 1. The van der Waals surface area contributed by atoms with Gasteiger partial charge >= 0.3 is 5.97 Å². The van der Waals surface area contributed by atoms with Crippen LogP contribution in [0.15, 0.2) is 64.8 Å². The van der Waals surface area contributed by atoms with Crippen molar-refractivity contribution < 1.29 is 19.1 Å². The number of esters is 1. The van der Waals surface area contributed by atoms with Crippen LogP contribution in [0.1, 0.15) is 41.7 Å². The maximum atomic E-state index is 12.8. The highest BCUT2D eigenvalue weighted by molar-refractivity contribution is 8.13. The predicted octanol–water partition coefficient (Wildman–Crippen LogP) is 4.63. The van der Waals surface area contributed by atoms with E-state index in [1.165, 1.54) is 7.11 Å². The molecule has 0 bridgehead atoms. The van der Waals surface area contributed by atoms with Crippen LogP contribution in [0.25, 0.3) is 0 Å². The molecular weight excluding hydrogens is 438 g/mol. The van der Waals surface area contributed by atoms with Gasteiger partial charge < -0.3 is 19.7 Å². The number of anilines is 1. The number of aliphatic imine (C=N–C) groups is 1. The second-order valence-corrected chi connectivity index (χ2v) is 8.77. The van der Waals surface area contributed by atoms with Crippen molar-refractivity contribution in [1.29, 1.82) is 0 Å². The molecular formula is C25H27N3O4S. The molecule has 4 rings (SSSR count). The highest BCUT2D eigenvalue weighted by Crippen LogP contribution is 2.40. The number of allylic oxidation sites excluding steroid dienone is 1. The van der Waals surface area contributed by atoms with Crippen LogP contribution in [0, 0.1) is 0 Å². The van der Waals surface area contributed by atoms with Gasteiger partial charge in [-0.05, 0) is 48.7 Å². The Hall–Kier alpha value is -3.26. The molecule has 0 radical (unpaired) electrons. The van der Waals surface area contributed by atoms with Gasteiger partial charge in [0.05, 0.1) is 31.5 Å². The van der Waals surface area contributed by atoms with Crippen molar-refractivity contribution in [3.05, 3.63) is 70.9 Å². The molecule has 0 spiro atoms. The van der Waals surface area contributed by atoms with Crippen molar-refractivity contribution in [3.8, 4) is 5.75 Å². The van der Waals surface area contributed by atoms with Crippen LogP contribution < -0.4 is 10.1 Å². The fourth-order valence-corrected chi connectivity index (χ4v) is 5.07. The number of hydrogen-bond donors (Lipinski definition) is 1. The van der Waals surface area contributed by atoms with Gasteiger partial charge in [-0.2, -0.15) is 0 Å². The molecule has 1 fully saturated rings. The Morgan fingerprint density at radius 1 is 1.18 bits per heavy atom. The molecule has 1 saturated heterocycles. The minimum Gasteiger partial charge on any atom is -0.497 e. The Morgan fingerprint density at radius 2 is 1.97 bits per heavy atom. The minimum absolute atomic E-state index is 0.218. The minimum atomic E-state index is -0.356. The van der Waals surface area contributed by atoms with Crippen molar-refractivity contribution in [1.82, 2.24) is 4.90 Å². The standard InChI is InChI=1S/C25H27N3O4S/c1-4-20-21(24(30)32-3)22(28-13-6-14-33-25(28)27-20)16-9-11-18(12-10-16)26-23(29)17-7-5-8-19(15-17)31-2/h5,7-12,15,22H,4,6,13-14H2,1-3H3,(H,26,29)/t22-/m0/s1. The first-order chi connectivity index (χ1) is 16.0. The topological polar surface area (TPSA) is 80.2 Å². The van der Waals surface area contributed by atoms with Gasteiger partial charge in [-0.1, -0.05) is 36.9 Å². The largest absolute Gasteiger partial charge is 0.497 e. The monoisotopic (exact) mass is 465 g/mol. The average molecular weight is 466 g/mol. The third kappa shape index (κ3) is 4.75. The number of methoxy groups -OCH3 is 2. The molecule has 1 N–H and O–H groups in total. The van der Waals surface area contributed by atoms with Gasteiger partial charge in [0.15, 0.2) is 5.17 Å². The number of carbonyl (C=O) groups excluding carboxylic acids is 2. The molecule has 8 heteroatoms. The third-order valence-corrected chi connectivity index (χ3v) is 6.78. The number of benzene rings is 2. The van der Waals surface area contributed by atoms with Crippen LogP contribution in [0.2, 0.25) is 0 Å². The summed E-state index contributed by atoms with van der Waals surface area (Å²) in [4.78, 5) is 32.4. The lowest BCUT2D eigenvalue weighted by molar-refractivity contribution is -0.136. The Balaban J connectivity index is 1.62. The van der Waals surface area contributed by atoms with Crippen LogP contribution >= 0.6 is 11.8 Å². The summed E-state index contributed by atoms with van der Waals surface area (Å²) in [5.74, 6) is 1.07. The molecule has 2 aliphatic rings. The van der Waals surface area contributed by atoms with Crippen molar-refractivity contribution in [2.75, 3.05) is 31.8 Å². The fourth-order valence-electron chi connectivity index (χ4n) is 4.07. The van der Waals surface area contributed by atoms with Gasteiger partial charge in [-0.25, -0.2) is 9.79 Å². The van der Waals surface area contributed by atoms with Crippen LogP contribution in [0.4, 0.5) is 5.69 Å². The SMILES string of the molecule is CCC1=C(C(=O)OC)[C@H](c2ccc(NC(=O)c3cccc(OC)c3)cc2)N2CCCSC2=N1. The number of hydrogen-bond acceptors (Lipinski definition) is 7. The zero-order valence-corrected chi connectivity index (χ0v) is 19.8. The number of fused-ring (bicyclic) bond motifs is 1. The quantitative estimate of drug-likeness (QED) is 0.627. The molecule has 7 nitrogen and oxygen atoms in total. The van der Waals surface area contributed by atoms with E-state index in [1.54, 1.807) is 43.1 Å². The van der Waals surface area contributed by atoms with Crippen LogP contribution in [-0.2, 0) is 9.53 Å². The van der Waals surface area contributed by atoms with E-state index in [0.717, 1.165) is 35.1 Å². The van der Waals surface area contributed by atoms with Crippen LogP contribution in [0.3, 0.4) is 0 Å². The number of thioether (sulfide) groups is 1. The Kier molecular flexibility index (Phi) is 7.03. The lowest BCUT2D eigenvalue weighted by Gasteiger charge is -2.40. The van der Waals surface area contributed by atoms with Gasteiger partial charge in [0.1, 0.15) is 5.75 Å². The summed E-state index contributed by atoms with van der Waals surface area (Å²) < 4.78 is 10.3. The molecule has 0 aromatic heterocycles.